The van der Waals surface area contributed by atoms with Gasteiger partial charge in [0.15, 0.2) is 11.6 Å². The van der Waals surface area contributed by atoms with Crippen molar-refractivity contribution in [1.82, 2.24) is 5.32 Å². The number of ether oxygens (including phenoxy) is 1. The maximum absolute atomic E-state index is 13.2. The van der Waals surface area contributed by atoms with Crippen molar-refractivity contribution in [2.24, 2.45) is 5.92 Å². The van der Waals surface area contributed by atoms with E-state index in [-0.39, 0.29) is 11.5 Å². The molecule has 0 atom stereocenters. The lowest BCUT2D eigenvalue weighted by Crippen LogP contribution is -2.33. The van der Waals surface area contributed by atoms with E-state index in [1.807, 2.05) is 0 Å². The lowest BCUT2D eigenvalue weighted by molar-refractivity contribution is 0.0640. The fraction of sp³-hybridized carbons (Fsp3) is 0.429. The Balaban J connectivity index is 2.10. The molecule has 0 spiro atoms. The highest BCUT2D eigenvalue weighted by atomic mass is 19.2. The zero-order valence-electron chi connectivity index (χ0n) is 11.2. The molecule has 114 valence electrons. The molecule has 1 aliphatic heterocycles. The normalized spacial score (nSPS) is 15.7. The summed E-state index contributed by atoms with van der Waals surface area (Å²) in [6.07, 6.45) is 1.59. The summed E-state index contributed by atoms with van der Waals surface area (Å²) in [5.74, 6) is -4.52. The van der Waals surface area contributed by atoms with Crippen molar-refractivity contribution in [3.8, 4) is 0 Å². The number of aromatic carboxylic acids is 1. The summed E-state index contributed by atoms with van der Waals surface area (Å²) in [6, 6.07) is 1.12. The van der Waals surface area contributed by atoms with Gasteiger partial charge in [-0.15, -0.1) is 0 Å². The molecular formula is C14H15F2NO4. The van der Waals surface area contributed by atoms with Crippen molar-refractivity contribution in [3.63, 3.8) is 0 Å². The smallest absolute Gasteiger partial charge is 0.336 e. The Morgan fingerprint density at radius 3 is 2.33 bits per heavy atom. The summed E-state index contributed by atoms with van der Waals surface area (Å²) in [5, 5.41) is 11.5. The van der Waals surface area contributed by atoms with Gasteiger partial charge < -0.3 is 15.2 Å². The first-order valence-electron chi connectivity index (χ1n) is 6.57. The second-order valence-electron chi connectivity index (χ2n) is 4.88. The van der Waals surface area contributed by atoms with Crippen LogP contribution < -0.4 is 5.32 Å². The molecule has 2 rings (SSSR count). The van der Waals surface area contributed by atoms with Gasteiger partial charge in [-0.3, -0.25) is 4.79 Å². The molecule has 0 bridgehead atoms. The largest absolute Gasteiger partial charge is 0.478 e. The van der Waals surface area contributed by atoms with Gasteiger partial charge in [0, 0.05) is 19.8 Å². The molecule has 1 aromatic rings. The molecule has 2 N–H and O–H groups in total. The van der Waals surface area contributed by atoms with Crippen LogP contribution in [0.1, 0.15) is 33.6 Å². The Labute approximate surface area is 119 Å². The first-order chi connectivity index (χ1) is 9.99. The average Bonchev–Trinajstić information content (AvgIpc) is 2.48. The van der Waals surface area contributed by atoms with Crippen molar-refractivity contribution in [2.75, 3.05) is 19.8 Å². The molecule has 5 nitrogen and oxygen atoms in total. The van der Waals surface area contributed by atoms with E-state index in [0.29, 0.717) is 31.9 Å². The predicted octanol–water partition coefficient (Wildman–Crippen LogP) is 1.82. The van der Waals surface area contributed by atoms with Crippen molar-refractivity contribution in [2.45, 2.75) is 12.8 Å². The molecule has 1 saturated heterocycles. The van der Waals surface area contributed by atoms with Crippen LogP contribution >= 0.6 is 0 Å². The summed E-state index contributed by atoms with van der Waals surface area (Å²) in [7, 11) is 0. The van der Waals surface area contributed by atoms with Crippen LogP contribution in [0.3, 0.4) is 0 Å². The Hall–Kier alpha value is -2.02. The number of carbonyl (C=O) groups is 2. The first kappa shape index (κ1) is 15.4. The number of hydrogen-bond donors (Lipinski definition) is 2. The number of hydrogen-bond acceptors (Lipinski definition) is 3. The number of nitrogens with one attached hydrogen (secondary N) is 1. The zero-order valence-corrected chi connectivity index (χ0v) is 11.2. The van der Waals surface area contributed by atoms with Gasteiger partial charge in [-0.1, -0.05) is 0 Å². The topological polar surface area (TPSA) is 75.6 Å². The van der Waals surface area contributed by atoms with Gasteiger partial charge >= 0.3 is 5.97 Å². The summed E-state index contributed by atoms with van der Waals surface area (Å²) in [5.41, 5.74) is -0.938. The van der Waals surface area contributed by atoms with Crippen molar-refractivity contribution < 1.29 is 28.2 Å². The molecule has 7 heteroatoms. The van der Waals surface area contributed by atoms with E-state index in [1.165, 1.54) is 0 Å². The lowest BCUT2D eigenvalue weighted by Gasteiger charge is -2.22. The van der Waals surface area contributed by atoms with E-state index in [9.17, 15) is 18.4 Å². The molecule has 0 aromatic heterocycles. The van der Waals surface area contributed by atoms with E-state index >= 15 is 0 Å². The number of rotatable bonds is 4. The van der Waals surface area contributed by atoms with Crippen LogP contribution in [0.4, 0.5) is 8.78 Å². The quantitative estimate of drug-likeness (QED) is 0.889. The summed E-state index contributed by atoms with van der Waals surface area (Å²) in [4.78, 5) is 23.0. The van der Waals surface area contributed by atoms with Gasteiger partial charge in [0.25, 0.3) is 5.91 Å². The fourth-order valence-electron chi connectivity index (χ4n) is 2.19. The maximum Gasteiger partial charge on any atom is 0.336 e. The van der Waals surface area contributed by atoms with Crippen LogP contribution in [0.15, 0.2) is 12.1 Å². The van der Waals surface area contributed by atoms with Gasteiger partial charge in [-0.25, -0.2) is 13.6 Å². The summed E-state index contributed by atoms with van der Waals surface area (Å²) in [6.45, 7) is 1.58. The minimum atomic E-state index is -1.48. The number of amides is 1. The highest BCUT2D eigenvalue weighted by molar-refractivity contribution is 6.04. The van der Waals surface area contributed by atoms with Crippen LogP contribution in [0.25, 0.3) is 0 Å². The third-order valence-corrected chi connectivity index (χ3v) is 3.43. The number of carbonyl (C=O) groups excluding carboxylic acids is 1. The number of benzene rings is 1. The standard InChI is InChI=1S/C14H15F2NO4/c15-11-5-9(10(14(19)20)6-12(11)16)13(18)17-7-8-1-3-21-4-2-8/h5-6,8H,1-4,7H2,(H,17,18)(H,19,20). The predicted molar refractivity (Wildman–Crippen MR) is 69.2 cm³/mol. The van der Waals surface area contributed by atoms with E-state index < -0.39 is 29.1 Å². The van der Waals surface area contributed by atoms with Crippen LogP contribution in [0.2, 0.25) is 0 Å². The Kier molecular flexibility index (Phi) is 4.85. The van der Waals surface area contributed by atoms with E-state index in [2.05, 4.69) is 5.32 Å². The van der Waals surface area contributed by atoms with Crippen molar-refractivity contribution in [1.29, 1.82) is 0 Å². The van der Waals surface area contributed by atoms with E-state index in [4.69, 9.17) is 9.84 Å². The SMILES string of the molecule is O=C(O)c1cc(F)c(F)cc1C(=O)NCC1CCOCC1. The third-order valence-electron chi connectivity index (χ3n) is 3.43. The molecule has 21 heavy (non-hydrogen) atoms. The summed E-state index contributed by atoms with van der Waals surface area (Å²) < 4.78 is 31.5. The van der Waals surface area contributed by atoms with Gasteiger partial charge in [-0.05, 0) is 30.9 Å². The van der Waals surface area contributed by atoms with Crippen LogP contribution in [0, 0.1) is 17.6 Å². The minimum absolute atomic E-state index is 0.237. The molecule has 1 amide bonds. The molecule has 0 aliphatic carbocycles. The van der Waals surface area contributed by atoms with Crippen LogP contribution in [-0.4, -0.2) is 36.7 Å². The maximum atomic E-state index is 13.2. The Bertz CT molecular complexity index is 556. The molecule has 1 aromatic carbocycles. The zero-order chi connectivity index (χ0) is 15.4. The van der Waals surface area contributed by atoms with E-state index in [1.54, 1.807) is 0 Å². The highest BCUT2D eigenvalue weighted by Crippen LogP contribution is 2.17. The molecule has 1 aliphatic rings. The Morgan fingerprint density at radius 2 is 1.76 bits per heavy atom. The van der Waals surface area contributed by atoms with Crippen LogP contribution in [0.5, 0.6) is 0 Å². The number of carboxylic acid groups (broad SMARTS) is 1. The van der Waals surface area contributed by atoms with Crippen LogP contribution in [-0.2, 0) is 4.74 Å². The molecule has 1 heterocycles. The lowest BCUT2D eigenvalue weighted by atomic mass is 10.00. The van der Waals surface area contributed by atoms with Gasteiger partial charge in [0.05, 0.1) is 11.1 Å². The molecule has 0 radical (unpaired) electrons. The third kappa shape index (κ3) is 3.75. The Morgan fingerprint density at radius 1 is 1.19 bits per heavy atom. The van der Waals surface area contributed by atoms with Gasteiger partial charge in [0.2, 0.25) is 0 Å². The van der Waals surface area contributed by atoms with Crippen molar-refractivity contribution >= 4 is 11.9 Å². The average molecular weight is 299 g/mol. The van der Waals surface area contributed by atoms with Gasteiger partial charge in [0.1, 0.15) is 0 Å². The fourth-order valence-corrected chi connectivity index (χ4v) is 2.19. The number of carboxylic acids is 1. The minimum Gasteiger partial charge on any atom is -0.478 e. The molecule has 0 unspecified atom stereocenters. The second kappa shape index (κ2) is 6.62. The van der Waals surface area contributed by atoms with E-state index in [0.717, 1.165) is 12.8 Å². The monoisotopic (exact) mass is 299 g/mol. The molecule has 0 saturated carbocycles. The van der Waals surface area contributed by atoms with Crippen molar-refractivity contribution in [3.05, 3.63) is 34.9 Å². The first-order valence-corrected chi connectivity index (χ1v) is 6.57. The summed E-state index contributed by atoms with van der Waals surface area (Å²) >= 11 is 0. The molecule has 1 fully saturated rings. The van der Waals surface area contributed by atoms with Gasteiger partial charge in [-0.2, -0.15) is 0 Å². The highest BCUT2D eigenvalue weighted by Gasteiger charge is 2.21. The molecular weight excluding hydrogens is 284 g/mol. The second-order valence-corrected chi connectivity index (χ2v) is 4.88. The number of halogens is 2.